The summed E-state index contributed by atoms with van der Waals surface area (Å²) in [7, 11) is 1.61. The van der Waals surface area contributed by atoms with Crippen LogP contribution in [-0.2, 0) is 0 Å². The maximum Gasteiger partial charge on any atom is 0.332 e. The lowest BCUT2D eigenvalue weighted by atomic mass is 9.94. The second-order valence-electron chi connectivity index (χ2n) is 7.89. The number of nitrogens with one attached hydrogen (secondary N) is 1. The summed E-state index contributed by atoms with van der Waals surface area (Å²) in [6, 6.07) is 24.2. The van der Waals surface area contributed by atoms with Crippen LogP contribution < -0.4 is 21.7 Å². The van der Waals surface area contributed by atoms with E-state index in [-0.39, 0.29) is 0 Å². The van der Waals surface area contributed by atoms with Crippen molar-refractivity contribution in [2.24, 2.45) is 0 Å². The van der Waals surface area contributed by atoms with Crippen LogP contribution in [-0.4, -0.2) is 16.7 Å². The van der Waals surface area contributed by atoms with Crippen molar-refractivity contribution in [2.75, 3.05) is 12.8 Å². The molecular weight excluding hydrogens is 450 g/mol. The predicted molar refractivity (Wildman–Crippen MR) is 137 cm³/mol. The molecule has 0 spiro atoms. The highest BCUT2D eigenvalue weighted by molar-refractivity contribution is 6.30. The van der Waals surface area contributed by atoms with Crippen molar-refractivity contribution < 1.29 is 4.74 Å². The van der Waals surface area contributed by atoms with Crippen LogP contribution >= 0.6 is 11.6 Å². The molecule has 5 aromatic rings. The molecular formula is C27H20ClN3O3. The Labute approximate surface area is 199 Å². The van der Waals surface area contributed by atoms with Crippen molar-refractivity contribution in [1.29, 1.82) is 0 Å². The number of ether oxygens (including phenoxy) is 1. The minimum Gasteiger partial charge on any atom is -0.495 e. The maximum atomic E-state index is 12.6. The molecule has 0 unspecified atom stereocenters. The molecule has 0 saturated carbocycles. The zero-order valence-electron chi connectivity index (χ0n) is 18.2. The summed E-state index contributed by atoms with van der Waals surface area (Å²) in [6.07, 6.45) is 1.46. The monoisotopic (exact) mass is 469 g/mol. The molecule has 0 atom stereocenters. The lowest BCUT2D eigenvalue weighted by molar-refractivity contribution is 0.418. The quantitative estimate of drug-likeness (QED) is 0.351. The SMILES string of the molecule is COc1c(-c2cccc(Cl)c2)cc(-n2ccc(=O)[nH]c2=O)cc1-c1ccc2cc(N)ccc2c1. The molecule has 34 heavy (non-hydrogen) atoms. The van der Waals surface area contributed by atoms with E-state index in [1.165, 1.54) is 16.8 Å². The van der Waals surface area contributed by atoms with Crippen LogP contribution in [0.1, 0.15) is 0 Å². The summed E-state index contributed by atoms with van der Waals surface area (Å²) in [5.74, 6) is 0.637. The van der Waals surface area contributed by atoms with E-state index in [1.807, 2.05) is 66.7 Å². The van der Waals surface area contributed by atoms with E-state index in [4.69, 9.17) is 22.1 Å². The molecule has 6 nitrogen and oxygen atoms in total. The number of methoxy groups -OCH3 is 1. The van der Waals surface area contributed by atoms with Gasteiger partial charge in [0.2, 0.25) is 0 Å². The number of nitrogens with zero attached hydrogens (tertiary/aromatic N) is 1. The molecule has 0 radical (unpaired) electrons. The van der Waals surface area contributed by atoms with E-state index >= 15 is 0 Å². The Balaban J connectivity index is 1.82. The molecule has 0 amide bonds. The van der Waals surface area contributed by atoms with Crippen LogP contribution in [0.15, 0.2) is 94.6 Å². The zero-order chi connectivity index (χ0) is 23.8. The molecule has 0 aliphatic rings. The standard InChI is InChI=1S/C27H20ClN3O3/c1-34-26-23(18-3-2-4-20(28)12-18)14-22(31-10-9-25(32)30-27(31)33)15-24(26)19-6-5-17-13-21(29)8-7-16(17)11-19/h2-15H,29H2,1H3,(H,30,32,33). The molecule has 5 rings (SSSR count). The summed E-state index contributed by atoms with van der Waals surface area (Å²) >= 11 is 6.28. The number of nitrogen functional groups attached to an aromatic ring is 1. The van der Waals surface area contributed by atoms with Crippen LogP contribution in [0, 0.1) is 0 Å². The Morgan fingerprint density at radius 2 is 1.56 bits per heavy atom. The van der Waals surface area contributed by atoms with Gasteiger partial charge in [0, 0.05) is 34.1 Å². The third-order valence-electron chi connectivity index (χ3n) is 5.69. The molecule has 7 heteroatoms. The normalized spacial score (nSPS) is 11.0. The second kappa shape index (κ2) is 8.57. The fraction of sp³-hybridized carbons (Fsp3) is 0.0370. The van der Waals surface area contributed by atoms with Gasteiger partial charge in [-0.2, -0.15) is 0 Å². The summed E-state index contributed by atoms with van der Waals surface area (Å²) in [5.41, 5.74) is 9.49. The molecule has 1 heterocycles. The average molecular weight is 470 g/mol. The third-order valence-corrected chi connectivity index (χ3v) is 5.93. The smallest absolute Gasteiger partial charge is 0.332 e. The van der Waals surface area contributed by atoms with Crippen molar-refractivity contribution in [2.45, 2.75) is 0 Å². The van der Waals surface area contributed by atoms with E-state index in [1.54, 1.807) is 13.2 Å². The van der Waals surface area contributed by atoms with Gasteiger partial charge in [0.25, 0.3) is 5.56 Å². The summed E-state index contributed by atoms with van der Waals surface area (Å²) in [5, 5.41) is 2.62. The van der Waals surface area contributed by atoms with Gasteiger partial charge < -0.3 is 10.5 Å². The van der Waals surface area contributed by atoms with E-state index in [0.29, 0.717) is 22.1 Å². The molecule has 0 fully saturated rings. The first-order chi connectivity index (χ1) is 16.4. The first kappa shape index (κ1) is 21.6. The highest BCUT2D eigenvalue weighted by Crippen LogP contribution is 2.42. The van der Waals surface area contributed by atoms with Crippen LogP contribution in [0.3, 0.4) is 0 Å². The lowest BCUT2D eigenvalue weighted by Crippen LogP contribution is -2.27. The van der Waals surface area contributed by atoms with Gasteiger partial charge in [-0.05, 0) is 64.4 Å². The Kier molecular flexibility index (Phi) is 5.43. The highest BCUT2D eigenvalue weighted by atomic mass is 35.5. The summed E-state index contributed by atoms with van der Waals surface area (Å²) in [6.45, 7) is 0. The number of anilines is 1. The van der Waals surface area contributed by atoms with E-state index in [0.717, 1.165) is 33.0 Å². The Bertz CT molecular complexity index is 1670. The number of halogens is 1. The van der Waals surface area contributed by atoms with Gasteiger partial charge in [-0.15, -0.1) is 0 Å². The van der Waals surface area contributed by atoms with Gasteiger partial charge in [-0.25, -0.2) is 4.79 Å². The van der Waals surface area contributed by atoms with Gasteiger partial charge in [0.05, 0.1) is 12.8 Å². The average Bonchev–Trinajstić information content (AvgIpc) is 2.83. The summed E-state index contributed by atoms with van der Waals surface area (Å²) in [4.78, 5) is 26.5. The molecule has 168 valence electrons. The number of hydrogen-bond acceptors (Lipinski definition) is 4. The molecule has 0 aliphatic heterocycles. The number of aromatic nitrogens is 2. The second-order valence-corrected chi connectivity index (χ2v) is 8.32. The summed E-state index contributed by atoms with van der Waals surface area (Å²) < 4.78 is 7.28. The number of fused-ring (bicyclic) bond motifs is 1. The van der Waals surface area contributed by atoms with Gasteiger partial charge in [-0.1, -0.05) is 41.9 Å². The van der Waals surface area contributed by atoms with Crippen LogP contribution in [0.5, 0.6) is 5.75 Å². The number of aromatic amines is 1. The first-order valence-electron chi connectivity index (χ1n) is 10.5. The van der Waals surface area contributed by atoms with Crippen LogP contribution in [0.25, 0.3) is 38.7 Å². The Morgan fingerprint density at radius 1 is 0.853 bits per heavy atom. The highest BCUT2D eigenvalue weighted by Gasteiger charge is 2.17. The number of hydrogen-bond donors (Lipinski definition) is 2. The van der Waals surface area contributed by atoms with E-state index < -0.39 is 11.2 Å². The Hall–Kier alpha value is -4.29. The van der Waals surface area contributed by atoms with Crippen molar-refractivity contribution >= 4 is 28.1 Å². The molecule has 0 aliphatic carbocycles. The number of nitrogens with two attached hydrogens (primary N) is 1. The van der Waals surface area contributed by atoms with Crippen molar-refractivity contribution in [3.05, 3.63) is 111 Å². The van der Waals surface area contributed by atoms with Gasteiger partial charge in [0.1, 0.15) is 5.75 Å². The number of benzene rings is 4. The molecule has 3 N–H and O–H groups in total. The fourth-order valence-corrected chi connectivity index (χ4v) is 4.30. The maximum absolute atomic E-state index is 12.6. The van der Waals surface area contributed by atoms with E-state index in [9.17, 15) is 9.59 Å². The van der Waals surface area contributed by atoms with Gasteiger partial charge in [0.15, 0.2) is 0 Å². The lowest BCUT2D eigenvalue weighted by Gasteiger charge is -2.18. The molecule has 0 saturated heterocycles. The Morgan fingerprint density at radius 3 is 2.26 bits per heavy atom. The number of H-pyrrole nitrogens is 1. The molecule has 4 aromatic carbocycles. The molecule has 1 aromatic heterocycles. The third kappa shape index (κ3) is 3.95. The van der Waals surface area contributed by atoms with E-state index in [2.05, 4.69) is 4.98 Å². The van der Waals surface area contributed by atoms with Gasteiger partial charge >= 0.3 is 5.69 Å². The fourth-order valence-electron chi connectivity index (χ4n) is 4.11. The minimum absolute atomic E-state index is 0.459. The van der Waals surface area contributed by atoms with Crippen molar-refractivity contribution in [3.8, 4) is 33.7 Å². The minimum atomic E-state index is -0.533. The van der Waals surface area contributed by atoms with Crippen molar-refractivity contribution in [3.63, 3.8) is 0 Å². The van der Waals surface area contributed by atoms with Crippen molar-refractivity contribution in [1.82, 2.24) is 9.55 Å². The molecule has 0 bridgehead atoms. The number of rotatable bonds is 4. The largest absolute Gasteiger partial charge is 0.495 e. The zero-order valence-corrected chi connectivity index (χ0v) is 19.0. The van der Waals surface area contributed by atoms with Crippen LogP contribution in [0.4, 0.5) is 5.69 Å². The van der Waals surface area contributed by atoms with Crippen LogP contribution in [0.2, 0.25) is 5.02 Å². The topological polar surface area (TPSA) is 90.1 Å². The van der Waals surface area contributed by atoms with Gasteiger partial charge in [-0.3, -0.25) is 14.3 Å². The predicted octanol–water partition coefficient (Wildman–Crippen LogP) is 5.26. The first-order valence-corrected chi connectivity index (χ1v) is 10.9.